The fraction of sp³-hybridized carbons (Fsp3) is 0.294. The number of hydrogen-bond donors (Lipinski definition) is 1. The molecule has 2 aromatic carbocycles. The third-order valence-electron chi connectivity index (χ3n) is 3.89. The Labute approximate surface area is 119 Å². The summed E-state index contributed by atoms with van der Waals surface area (Å²) >= 11 is 6.36. The largest absolute Gasteiger partial charge is 0.306 e. The molecule has 19 heavy (non-hydrogen) atoms. The molecule has 2 aromatic rings. The Morgan fingerprint density at radius 1 is 1.16 bits per heavy atom. The average molecular weight is 272 g/mol. The van der Waals surface area contributed by atoms with E-state index < -0.39 is 0 Å². The van der Waals surface area contributed by atoms with E-state index in [0.29, 0.717) is 0 Å². The molecular weight excluding hydrogens is 254 g/mol. The molecule has 0 aliphatic carbocycles. The first-order chi connectivity index (χ1) is 9.29. The lowest BCUT2D eigenvalue weighted by Gasteiger charge is -2.28. The monoisotopic (exact) mass is 271 g/mol. The van der Waals surface area contributed by atoms with Gasteiger partial charge in [-0.3, -0.25) is 0 Å². The van der Waals surface area contributed by atoms with E-state index in [0.717, 1.165) is 24.4 Å². The Bertz CT molecular complexity index is 592. The summed E-state index contributed by atoms with van der Waals surface area (Å²) in [6.07, 6.45) is 2.17. The third-order valence-corrected chi connectivity index (χ3v) is 4.23. The van der Waals surface area contributed by atoms with E-state index in [1.165, 1.54) is 22.3 Å². The van der Waals surface area contributed by atoms with Crippen LogP contribution in [0.4, 0.5) is 0 Å². The van der Waals surface area contributed by atoms with Crippen molar-refractivity contribution in [1.82, 2.24) is 5.32 Å². The Kier molecular flexibility index (Phi) is 3.58. The molecule has 0 radical (unpaired) electrons. The zero-order valence-corrected chi connectivity index (χ0v) is 11.9. The van der Waals surface area contributed by atoms with Gasteiger partial charge in [0.1, 0.15) is 0 Å². The standard InChI is InChI=1S/C17H18ClN/c1-2-12-7-8-13-9-10-19-17(15(13)11-12)14-5-3-4-6-16(14)18/h3-8,11,17,19H,2,9-10H2,1H3. The van der Waals surface area contributed by atoms with E-state index >= 15 is 0 Å². The Morgan fingerprint density at radius 3 is 2.79 bits per heavy atom. The van der Waals surface area contributed by atoms with Crippen LogP contribution in [0, 0.1) is 0 Å². The number of fused-ring (bicyclic) bond motifs is 1. The number of hydrogen-bond acceptors (Lipinski definition) is 1. The second kappa shape index (κ2) is 5.36. The van der Waals surface area contributed by atoms with Crippen molar-refractivity contribution in [2.24, 2.45) is 0 Å². The molecule has 98 valence electrons. The molecular formula is C17H18ClN. The molecule has 1 N–H and O–H groups in total. The van der Waals surface area contributed by atoms with Gasteiger partial charge in [0.05, 0.1) is 6.04 Å². The summed E-state index contributed by atoms with van der Waals surface area (Å²) in [6, 6.07) is 15.2. The van der Waals surface area contributed by atoms with Gasteiger partial charge in [0.2, 0.25) is 0 Å². The second-order valence-corrected chi connectivity index (χ2v) is 5.45. The van der Waals surface area contributed by atoms with Crippen molar-refractivity contribution in [3.05, 3.63) is 69.7 Å². The summed E-state index contributed by atoms with van der Waals surface area (Å²) in [4.78, 5) is 0. The number of rotatable bonds is 2. The average Bonchev–Trinajstić information content (AvgIpc) is 2.47. The van der Waals surface area contributed by atoms with Gasteiger partial charge in [0.25, 0.3) is 0 Å². The predicted molar refractivity (Wildman–Crippen MR) is 80.8 cm³/mol. The first kappa shape index (κ1) is 12.7. The molecule has 1 aliphatic heterocycles. The van der Waals surface area contributed by atoms with Gasteiger partial charge in [0.15, 0.2) is 0 Å². The second-order valence-electron chi connectivity index (χ2n) is 5.05. The number of benzene rings is 2. The van der Waals surface area contributed by atoms with Crippen LogP contribution in [-0.2, 0) is 12.8 Å². The maximum Gasteiger partial charge on any atom is 0.0594 e. The summed E-state index contributed by atoms with van der Waals surface area (Å²) in [5, 5.41) is 4.44. The predicted octanol–water partition coefficient (Wildman–Crippen LogP) is 4.14. The highest BCUT2D eigenvalue weighted by Gasteiger charge is 2.22. The maximum absolute atomic E-state index is 6.36. The lowest BCUT2D eigenvalue weighted by molar-refractivity contribution is 0.567. The van der Waals surface area contributed by atoms with E-state index in [-0.39, 0.29) is 6.04 Å². The Balaban J connectivity index is 2.09. The van der Waals surface area contributed by atoms with Gasteiger partial charge in [-0.25, -0.2) is 0 Å². The molecule has 3 rings (SSSR count). The number of aryl methyl sites for hydroxylation is 1. The molecule has 1 aliphatic rings. The summed E-state index contributed by atoms with van der Waals surface area (Å²) in [7, 11) is 0. The van der Waals surface area contributed by atoms with Crippen LogP contribution in [0.2, 0.25) is 5.02 Å². The molecule has 0 fully saturated rings. The molecule has 1 nitrogen and oxygen atoms in total. The number of nitrogens with one attached hydrogen (secondary N) is 1. The molecule has 2 heteroatoms. The minimum absolute atomic E-state index is 0.226. The normalized spacial score (nSPS) is 18.1. The first-order valence-corrected chi connectivity index (χ1v) is 7.27. The highest BCUT2D eigenvalue weighted by Crippen LogP contribution is 2.33. The summed E-state index contributed by atoms with van der Waals surface area (Å²) in [5.41, 5.74) is 5.40. The van der Waals surface area contributed by atoms with Crippen LogP contribution in [0.15, 0.2) is 42.5 Å². The van der Waals surface area contributed by atoms with Crippen LogP contribution >= 0.6 is 11.6 Å². The summed E-state index contributed by atoms with van der Waals surface area (Å²) in [6.45, 7) is 3.21. The lowest BCUT2D eigenvalue weighted by atomic mass is 9.88. The van der Waals surface area contributed by atoms with Crippen LogP contribution in [-0.4, -0.2) is 6.54 Å². The SMILES string of the molecule is CCc1ccc2c(c1)C(c1ccccc1Cl)NCC2. The molecule has 0 bridgehead atoms. The van der Waals surface area contributed by atoms with Gasteiger partial charge in [-0.1, -0.05) is 54.9 Å². The Hall–Kier alpha value is -1.31. The van der Waals surface area contributed by atoms with Gasteiger partial charge < -0.3 is 5.32 Å². The van der Waals surface area contributed by atoms with Crippen LogP contribution < -0.4 is 5.32 Å². The zero-order valence-electron chi connectivity index (χ0n) is 11.1. The van der Waals surface area contributed by atoms with Gasteiger partial charge in [-0.2, -0.15) is 0 Å². The van der Waals surface area contributed by atoms with Crippen LogP contribution in [0.25, 0.3) is 0 Å². The van der Waals surface area contributed by atoms with Crippen molar-refractivity contribution >= 4 is 11.6 Å². The van der Waals surface area contributed by atoms with Crippen molar-refractivity contribution in [2.75, 3.05) is 6.54 Å². The molecule has 1 unspecified atom stereocenters. The highest BCUT2D eigenvalue weighted by atomic mass is 35.5. The zero-order chi connectivity index (χ0) is 13.2. The minimum atomic E-state index is 0.226. The summed E-state index contributed by atoms with van der Waals surface area (Å²) < 4.78 is 0. The van der Waals surface area contributed by atoms with Crippen molar-refractivity contribution in [2.45, 2.75) is 25.8 Å². The smallest absolute Gasteiger partial charge is 0.0594 e. The maximum atomic E-state index is 6.36. The fourth-order valence-electron chi connectivity index (χ4n) is 2.81. The molecule has 0 aromatic heterocycles. The fourth-order valence-corrected chi connectivity index (χ4v) is 3.05. The van der Waals surface area contributed by atoms with Crippen LogP contribution in [0.3, 0.4) is 0 Å². The molecule has 0 amide bonds. The van der Waals surface area contributed by atoms with Gasteiger partial charge in [-0.05, 0) is 41.2 Å². The van der Waals surface area contributed by atoms with E-state index in [4.69, 9.17) is 11.6 Å². The van der Waals surface area contributed by atoms with E-state index in [2.05, 4.69) is 42.6 Å². The third kappa shape index (κ3) is 2.41. The highest BCUT2D eigenvalue weighted by molar-refractivity contribution is 6.31. The van der Waals surface area contributed by atoms with Crippen molar-refractivity contribution < 1.29 is 0 Å². The molecule has 0 saturated carbocycles. The van der Waals surface area contributed by atoms with Crippen LogP contribution in [0.5, 0.6) is 0 Å². The quantitative estimate of drug-likeness (QED) is 0.866. The summed E-state index contributed by atoms with van der Waals surface area (Å²) in [5.74, 6) is 0. The molecule has 0 saturated heterocycles. The lowest BCUT2D eigenvalue weighted by Crippen LogP contribution is -2.30. The van der Waals surface area contributed by atoms with Crippen LogP contribution in [0.1, 0.15) is 35.2 Å². The minimum Gasteiger partial charge on any atom is -0.306 e. The first-order valence-electron chi connectivity index (χ1n) is 6.89. The van der Waals surface area contributed by atoms with Gasteiger partial charge in [0, 0.05) is 11.6 Å². The Morgan fingerprint density at radius 2 is 2.00 bits per heavy atom. The molecule has 1 heterocycles. The van der Waals surface area contributed by atoms with Crippen molar-refractivity contribution in [1.29, 1.82) is 0 Å². The molecule has 0 spiro atoms. The van der Waals surface area contributed by atoms with Crippen molar-refractivity contribution in [3.63, 3.8) is 0 Å². The van der Waals surface area contributed by atoms with Crippen molar-refractivity contribution in [3.8, 4) is 0 Å². The van der Waals surface area contributed by atoms with E-state index in [9.17, 15) is 0 Å². The van der Waals surface area contributed by atoms with E-state index in [1.54, 1.807) is 0 Å². The molecule has 1 atom stereocenters. The number of halogens is 1. The van der Waals surface area contributed by atoms with E-state index in [1.807, 2.05) is 12.1 Å². The van der Waals surface area contributed by atoms with Gasteiger partial charge in [-0.15, -0.1) is 0 Å². The van der Waals surface area contributed by atoms with Gasteiger partial charge >= 0.3 is 0 Å². The topological polar surface area (TPSA) is 12.0 Å².